The molecule has 0 saturated carbocycles. The van der Waals surface area contributed by atoms with Crippen molar-refractivity contribution in [3.05, 3.63) is 58.7 Å². The summed E-state index contributed by atoms with van der Waals surface area (Å²) in [7, 11) is 0. The zero-order valence-corrected chi connectivity index (χ0v) is 18.0. The molecule has 0 aliphatic heterocycles. The zero-order valence-electron chi connectivity index (χ0n) is 17.2. The van der Waals surface area contributed by atoms with Crippen molar-refractivity contribution < 1.29 is 14.7 Å². The van der Waals surface area contributed by atoms with Crippen LogP contribution in [0.25, 0.3) is 0 Å². The number of anilines is 1. The Hall–Kier alpha value is -2.37. The molecule has 29 heavy (non-hydrogen) atoms. The van der Waals surface area contributed by atoms with Crippen LogP contribution in [0.2, 0.25) is 0 Å². The van der Waals surface area contributed by atoms with E-state index in [1.54, 1.807) is 30.3 Å². The summed E-state index contributed by atoms with van der Waals surface area (Å²) in [6.45, 7) is 9.52. The predicted molar refractivity (Wildman–Crippen MR) is 119 cm³/mol. The molecule has 2 aromatic carbocycles. The fourth-order valence-electron chi connectivity index (χ4n) is 3.82. The highest BCUT2D eigenvalue weighted by Crippen LogP contribution is 2.37. The number of nitrogens with one attached hydrogen (secondary N) is 1. The van der Waals surface area contributed by atoms with E-state index in [2.05, 4.69) is 31.0 Å². The molecular weight excluding hydrogens is 388 g/mol. The van der Waals surface area contributed by atoms with Gasteiger partial charge >= 0.3 is 0 Å². The van der Waals surface area contributed by atoms with E-state index >= 15 is 0 Å². The van der Waals surface area contributed by atoms with Gasteiger partial charge in [0.05, 0.1) is 11.1 Å². The number of nitrogens with zero attached hydrogens (tertiary/aromatic N) is 1. The SMILES string of the molecule is CCN(CC)CCCC(C)Nc1ccc(O)c2c1C(=O)c1ccccc1C2=O.Cl. The minimum atomic E-state index is -0.305. The van der Waals surface area contributed by atoms with Gasteiger partial charge in [-0.3, -0.25) is 9.59 Å². The van der Waals surface area contributed by atoms with E-state index in [9.17, 15) is 14.7 Å². The molecule has 0 fully saturated rings. The number of phenolic OH excluding ortho intramolecular Hbond substituents is 1. The predicted octanol–water partition coefficient (Wildman–Crippen LogP) is 4.51. The lowest BCUT2D eigenvalue weighted by molar-refractivity contribution is 0.0977. The molecule has 6 heteroatoms. The number of carbonyl (C=O) groups excluding carboxylic acids is 2. The van der Waals surface area contributed by atoms with Crippen molar-refractivity contribution in [2.75, 3.05) is 25.0 Å². The first-order chi connectivity index (χ1) is 13.5. The number of rotatable bonds is 8. The number of ketones is 2. The second-order valence-corrected chi connectivity index (χ2v) is 7.30. The summed E-state index contributed by atoms with van der Waals surface area (Å²) in [6.07, 6.45) is 2.00. The highest BCUT2D eigenvalue weighted by molar-refractivity contribution is 6.31. The van der Waals surface area contributed by atoms with Crippen molar-refractivity contribution >= 4 is 29.7 Å². The molecule has 0 amide bonds. The topological polar surface area (TPSA) is 69.6 Å². The molecular formula is C23H29ClN2O3. The van der Waals surface area contributed by atoms with Gasteiger partial charge in [-0.2, -0.15) is 0 Å². The third kappa shape index (κ3) is 4.62. The van der Waals surface area contributed by atoms with E-state index in [1.807, 2.05) is 0 Å². The maximum absolute atomic E-state index is 13.1. The molecule has 3 rings (SSSR count). The number of halogens is 1. The van der Waals surface area contributed by atoms with E-state index < -0.39 is 0 Å². The van der Waals surface area contributed by atoms with Crippen molar-refractivity contribution in [2.45, 2.75) is 39.7 Å². The van der Waals surface area contributed by atoms with Gasteiger partial charge in [-0.15, -0.1) is 12.4 Å². The number of fused-ring (bicyclic) bond motifs is 2. The van der Waals surface area contributed by atoms with Gasteiger partial charge in [0.15, 0.2) is 11.6 Å². The summed E-state index contributed by atoms with van der Waals surface area (Å²) >= 11 is 0. The third-order valence-electron chi connectivity index (χ3n) is 5.46. The number of hydrogen-bond donors (Lipinski definition) is 2. The number of phenols is 1. The van der Waals surface area contributed by atoms with Crippen LogP contribution in [0, 0.1) is 0 Å². The summed E-state index contributed by atoms with van der Waals surface area (Å²) in [4.78, 5) is 28.3. The van der Waals surface area contributed by atoms with Crippen LogP contribution >= 0.6 is 12.4 Å². The number of benzene rings is 2. The lowest BCUT2D eigenvalue weighted by Gasteiger charge is -2.24. The first kappa shape index (κ1) is 22.9. The van der Waals surface area contributed by atoms with E-state index in [0.717, 1.165) is 32.5 Å². The van der Waals surface area contributed by atoms with Crippen molar-refractivity contribution in [1.29, 1.82) is 0 Å². The first-order valence-electron chi connectivity index (χ1n) is 10.0. The molecule has 0 aromatic heterocycles. The number of hydrogen-bond acceptors (Lipinski definition) is 5. The van der Waals surface area contributed by atoms with Crippen LogP contribution < -0.4 is 5.32 Å². The molecule has 1 aliphatic carbocycles. The quantitative estimate of drug-likeness (QED) is 0.528. The molecule has 0 bridgehead atoms. The van der Waals surface area contributed by atoms with Gasteiger partial charge in [0.2, 0.25) is 0 Å². The normalized spacial score (nSPS) is 13.5. The molecule has 0 heterocycles. The van der Waals surface area contributed by atoms with Crippen LogP contribution in [-0.2, 0) is 0 Å². The van der Waals surface area contributed by atoms with Gasteiger partial charge in [0.1, 0.15) is 5.75 Å². The Morgan fingerprint density at radius 1 is 0.966 bits per heavy atom. The number of aromatic hydroxyl groups is 1. The van der Waals surface area contributed by atoms with Gasteiger partial charge in [-0.1, -0.05) is 38.1 Å². The standard InChI is InChI=1S/C23H28N2O3.ClH/c1-4-25(5-2)14-8-9-15(3)24-18-12-13-19(26)21-20(18)22(27)16-10-6-7-11-17(16)23(21)28;/h6-7,10-13,15,24,26H,4-5,8-9,14H2,1-3H3;1H. The number of carbonyl (C=O) groups is 2. The third-order valence-corrected chi connectivity index (χ3v) is 5.46. The molecule has 0 saturated heterocycles. The lowest BCUT2D eigenvalue weighted by atomic mass is 9.82. The summed E-state index contributed by atoms with van der Waals surface area (Å²) in [5.74, 6) is -0.679. The summed E-state index contributed by atoms with van der Waals surface area (Å²) in [5, 5.41) is 13.7. The molecule has 0 radical (unpaired) electrons. The van der Waals surface area contributed by atoms with Crippen LogP contribution in [0.3, 0.4) is 0 Å². The van der Waals surface area contributed by atoms with E-state index in [0.29, 0.717) is 16.8 Å². The average molecular weight is 417 g/mol. The Morgan fingerprint density at radius 3 is 2.14 bits per heavy atom. The summed E-state index contributed by atoms with van der Waals surface area (Å²) in [6, 6.07) is 10.1. The highest BCUT2D eigenvalue weighted by atomic mass is 35.5. The Labute approximate surface area is 178 Å². The summed E-state index contributed by atoms with van der Waals surface area (Å²) < 4.78 is 0. The molecule has 2 N–H and O–H groups in total. The van der Waals surface area contributed by atoms with Crippen molar-refractivity contribution in [3.8, 4) is 5.75 Å². The summed E-state index contributed by atoms with van der Waals surface area (Å²) in [5.41, 5.74) is 1.72. The minimum absolute atomic E-state index is 0. The van der Waals surface area contributed by atoms with Gasteiger partial charge in [-0.05, 0) is 51.5 Å². The molecule has 1 atom stereocenters. The Kier molecular flexibility index (Phi) is 7.82. The maximum Gasteiger partial charge on any atom is 0.198 e. The Balaban J connectivity index is 0.00000300. The van der Waals surface area contributed by atoms with E-state index in [-0.39, 0.29) is 46.9 Å². The van der Waals surface area contributed by atoms with Gasteiger partial charge in [-0.25, -0.2) is 0 Å². The van der Waals surface area contributed by atoms with E-state index in [4.69, 9.17) is 0 Å². The molecule has 1 unspecified atom stereocenters. The van der Waals surface area contributed by atoms with Crippen LogP contribution in [0.5, 0.6) is 5.75 Å². The second-order valence-electron chi connectivity index (χ2n) is 7.30. The molecule has 5 nitrogen and oxygen atoms in total. The second kappa shape index (κ2) is 9.90. The Bertz CT molecular complexity index is 894. The van der Waals surface area contributed by atoms with Crippen LogP contribution in [-0.4, -0.2) is 47.2 Å². The van der Waals surface area contributed by atoms with Gasteiger partial charge in [0, 0.05) is 22.9 Å². The average Bonchev–Trinajstić information content (AvgIpc) is 2.70. The van der Waals surface area contributed by atoms with Crippen molar-refractivity contribution in [2.24, 2.45) is 0 Å². The van der Waals surface area contributed by atoms with E-state index in [1.165, 1.54) is 6.07 Å². The molecule has 0 spiro atoms. The monoisotopic (exact) mass is 416 g/mol. The lowest BCUT2D eigenvalue weighted by Crippen LogP contribution is -2.27. The first-order valence-corrected chi connectivity index (χ1v) is 10.0. The fraction of sp³-hybridized carbons (Fsp3) is 0.391. The van der Waals surface area contributed by atoms with Crippen LogP contribution in [0.4, 0.5) is 5.69 Å². The fourth-order valence-corrected chi connectivity index (χ4v) is 3.82. The largest absolute Gasteiger partial charge is 0.507 e. The van der Waals surface area contributed by atoms with Gasteiger partial charge < -0.3 is 15.3 Å². The Morgan fingerprint density at radius 2 is 1.55 bits per heavy atom. The smallest absolute Gasteiger partial charge is 0.198 e. The van der Waals surface area contributed by atoms with Crippen LogP contribution in [0.15, 0.2) is 36.4 Å². The zero-order chi connectivity index (χ0) is 20.3. The molecule has 1 aliphatic rings. The highest BCUT2D eigenvalue weighted by Gasteiger charge is 2.34. The van der Waals surface area contributed by atoms with Crippen molar-refractivity contribution in [1.82, 2.24) is 4.90 Å². The maximum atomic E-state index is 13.1. The van der Waals surface area contributed by atoms with Crippen LogP contribution in [0.1, 0.15) is 65.5 Å². The minimum Gasteiger partial charge on any atom is -0.507 e. The van der Waals surface area contributed by atoms with Gasteiger partial charge in [0.25, 0.3) is 0 Å². The van der Waals surface area contributed by atoms with Crippen molar-refractivity contribution in [3.63, 3.8) is 0 Å². The molecule has 2 aromatic rings. The molecule has 156 valence electrons.